The summed E-state index contributed by atoms with van der Waals surface area (Å²) in [7, 11) is 0. The second kappa shape index (κ2) is 6.55. The molecule has 0 saturated carbocycles. The molecule has 108 valence electrons. The molecular weight excluding hydrogens is 260 g/mol. The van der Waals surface area contributed by atoms with Crippen molar-refractivity contribution in [2.75, 3.05) is 0 Å². The molecule has 0 saturated heterocycles. The first kappa shape index (κ1) is 13.8. The lowest BCUT2D eigenvalue weighted by molar-refractivity contribution is 0.0659. The van der Waals surface area contributed by atoms with Gasteiger partial charge in [0.1, 0.15) is 6.10 Å². The van der Waals surface area contributed by atoms with Crippen LogP contribution in [0.2, 0.25) is 0 Å². The summed E-state index contributed by atoms with van der Waals surface area (Å²) in [5, 5.41) is 4.21. The molecule has 21 heavy (non-hydrogen) atoms. The van der Waals surface area contributed by atoms with Crippen molar-refractivity contribution in [2.45, 2.75) is 31.4 Å². The van der Waals surface area contributed by atoms with Gasteiger partial charge in [0, 0.05) is 18.9 Å². The van der Waals surface area contributed by atoms with Gasteiger partial charge in [-0.3, -0.25) is 0 Å². The molecule has 3 heteroatoms. The Kier molecular flexibility index (Phi) is 4.31. The average Bonchev–Trinajstić information content (AvgIpc) is 2.98. The van der Waals surface area contributed by atoms with Crippen LogP contribution >= 0.6 is 0 Å². The zero-order valence-electron chi connectivity index (χ0n) is 12.0. The molecule has 2 aromatic carbocycles. The van der Waals surface area contributed by atoms with Crippen molar-refractivity contribution in [1.29, 1.82) is 0 Å². The second-order valence-corrected chi connectivity index (χ2v) is 5.52. The largest absolute Gasteiger partial charge is 0.390 e. The topological polar surface area (TPSA) is 47.6 Å². The van der Waals surface area contributed by atoms with E-state index in [-0.39, 0.29) is 12.1 Å². The molecule has 1 aliphatic heterocycles. The third kappa shape index (κ3) is 3.70. The van der Waals surface area contributed by atoms with E-state index in [9.17, 15) is 0 Å². The molecule has 2 atom stereocenters. The van der Waals surface area contributed by atoms with Gasteiger partial charge in [0.2, 0.25) is 0 Å². The van der Waals surface area contributed by atoms with Crippen molar-refractivity contribution in [2.24, 2.45) is 10.9 Å². The number of rotatable bonds is 5. The first-order valence-electron chi connectivity index (χ1n) is 7.36. The van der Waals surface area contributed by atoms with E-state index in [0.29, 0.717) is 0 Å². The molecule has 1 heterocycles. The van der Waals surface area contributed by atoms with E-state index in [4.69, 9.17) is 10.6 Å². The molecule has 0 aromatic heterocycles. The third-order valence-electron chi connectivity index (χ3n) is 3.80. The highest BCUT2D eigenvalue weighted by molar-refractivity contribution is 5.87. The molecule has 2 N–H and O–H groups in total. The summed E-state index contributed by atoms with van der Waals surface area (Å²) < 4.78 is 0. The standard InChI is InChI=1S/C18H20N2O/c19-17(12-15-9-5-2-6-10-15)18-13-16(20-21-18)11-14-7-3-1-4-8-14/h1-10,17-18H,11-13,19H2/t17-,18-/m1/s1. The molecule has 0 fully saturated rings. The van der Waals surface area contributed by atoms with Gasteiger partial charge in [-0.15, -0.1) is 0 Å². The van der Waals surface area contributed by atoms with Crippen LogP contribution in [0.25, 0.3) is 0 Å². The van der Waals surface area contributed by atoms with Crippen molar-refractivity contribution in [3.8, 4) is 0 Å². The maximum atomic E-state index is 6.27. The van der Waals surface area contributed by atoms with Crippen molar-refractivity contribution in [1.82, 2.24) is 0 Å². The van der Waals surface area contributed by atoms with Gasteiger partial charge in [-0.25, -0.2) is 0 Å². The lowest BCUT2D eigenvalue weighted by Crippen LogP contribution is -2.36. The summed E-state index contributed by atoms with van der Waals surface area (Å²) in [5.41, 5.74) is 9.85. The van der Waals surface area contributed by atoms with Crippen molar-refractivity contribution >= 4 is 5.71 Å². The molecule has 2 aromatic rings. The second-order valence-electron chi connectivity index (χ2n) is 5.52. The van der Waals surface area contributed by atoms with Crippen LogP contribution < -0.4 is 5.73 Å². The number of hydrogen-bond acceptors (Lipinski definition) is 3. The Hall–Kier alpha value is -2.13. The summed E-state index contributed by atoms with van der Waals surface area (Å²) in [5.74, 6) is 0. The minimum Gasteiger partial charge on any atom is -0.390 e. The molecule has 0 amide bonds. The third-order valence-corrected chi connectivity index (χ3v) is 3.80. The zero-order valence-corrected chi connectivity index (χ0v) is 12.0. The fourth-order valence-electron chi connectivity index (χ4n) is 2.63. The van der Waals surface area contributed by atoms with Crippen molar-refractivity contribution in [3.63, 3.8) is 0 Å². The minimum atomic E-state index is -0.0237. The lowest BCUT2D eigenvalue weighted by Gasteiger charge is -2.17. The van der Waals surface area contributed by atoms with Crippen LogP contribution in [0.4, 0.5) is 0 Å². The maximum absolute atomic E-state index is 6.27. The maximum Gasteiger partial charge on any atom is 0.148 e. The van der Waals surface area contributed by atoms with Crippen LogP contribution in [0.5, 0.6) is 0 Å². The monoisotopic (exact) mass is 280 g/mol. The number of benzene rings is 2. The first-order chi connectivity index (χ1) is 10.3. The molecule has 3 nitrogen and oxygen atoms in total. The summed E-state index contributed by atoms with van der Waals surface area (Å²) in [6.07, 6.45) is 2.47. The Morgan fingerprint density at radius 1 is 1.00 bits per heavy atom. The van der Waals surface area contributed by atoms with Crippen LogP contribution in [-0.2, 0) is 17.7 Å². The van der Waals surface area contributed by atoms with Gasteiger partial charge >= 0.3 is 0 Å². The van der Waals surface area contributed by atoms with E-state index >= 15 is 0 Å². The SMILES string of the molecule is N[C@H](Cc1ccccc1)[C@H]1CC(Cc2ccccc2)=NO1. The van der Waals surface area contributed by atoms with E-state index in [1.54, 1.807) is 0 Å². The van der Waals surface area contributed by atoms with Crippen LogP contribution in [0, 0.1) is 0 Å². The summed E-state index contributed by atoms with van der Waals surface area (Å²) in [6.45, 7) is 0. The smallest absolute Gasteiger partial charge is 0.148 e. The Morgan fingerprint density at radius 2 is 1.62 bits per heavy atom. The van der Waals surface area contributed by atoms with Gasteiger partial charge in [0.15, 0.2) is 0 Å². The average molecular weight is 280 g/mol. The molecule has 0 unspecified atom stereocenters. The molecule has 0 radical (unpaired) electrons. The molecule has 3 rings (SSSR count). The molecule has 1 aliphatic rings. The highest BCUT2D eigenvalue weighted by atomic mass is 16.6. The van der Waals surface area contributed by atoms with Gasteiger partial charge in [0.05, 0.1) is 5.71 Å². The molecule has 0 bridgehead atoms. The van der Waals surface area contributed by atoms with Crippen LogP contribution in [0.15, 0.2) is 65.8 Å². The highest BCUT2D eigenvalue weighted by Crippen LogP contribution is 2.18. The summed E-state index contributed by atoms with van der Waals surface area (Å²) >= 11 is 0. The quantitative estimate of drug-likeness (QED) is 0.915. The Balaban J connectivity index is 1.53. The predicted octanol–water partition coefficient (Wildman–Crippen LogP) is 2.94. The van der Waals surface area contributed by atoms with Gasteiger partial charge in [-0.1, -0.05) is 65.8 Å². The van der Waals surface area contributed by atoms with Crippen LogP contribution in [0.1, 0.15) is 17.5 Å². The van der Waals surface area contributed by atoms with Gasteiger partial charge < -0.3 is 10.6 Å². The van der Waals surface area contributed by atoms with E-state index < -0.39 is 0 Å². The van der Waals surface area contributed by atoms with Crippen molar-refractivity contribution < 1.29 is 4.84 Å². The Labute approximate surface area is 125 Å². The van der Waals surface area contributed by atoms with E-state index in [1.165, 1.54) is 11.1 Å². The Bertz CT molecular complexity index is 595. The molecular formula is C18H20N2O. The number of oxime groups is 1. The minimum absolute atomic E-state index is 0.0103. The summed E-state index contributed by atoms with van der Waals surface area (Å²) in [4.78, 5) is 5.53. The highest BCUT2D eigenvalue weighted by Gasteiger charge is 2.27. The number of nitrogens with zero attached hydrogens (tertiary/aromatic N) is 1. The number of nitrogens with two attached hydrogens (primary N) is 1. The first-order valence-corrected chi connectivity index (χ1v) is 7.36. The van der Waals surface area contributed by atoms with E-state index in [0.717, 1.165) is 25.0 Å². The molecule has 0 aliphatic carbocycles. The lowest BCUT2D eigenvalue weighted by atomic mass is 9.97. The summed E-state index contributed by atoms with van der Waals surface area (Å²) in [6, 6.07) is 20.6. The van der Waals surface area contributed by atoms with Crippen LogP contribution in [-0.4, -0.2) is 17.9 Å². The van der Waals surface area contributed by atoms with Gasteiger partial charge in [-0.05, 0) is 17.5 Å². The predicted molar refractivity (Wildman–Crippen MR) is 85.2 cm³/mol. The fourth-order valence-corrected chi connectivity index (χ4v) is 2.63. The molecule has 0 spiro atoms. The fraction of sp³-hybridized carbons (Fsp3) is 0.278. The normalized spacial score (nSPS) is 18.9. The van der Waals surface area contributed by atoms with Gasteiger partial charge in [-0.2, -0.15) is 0 Å². The van der Waals surface area contributed by atoms with E-state index in [1.807, 2.05) is 36.4 Å². The van der Waals surface area contributed by atoms with Crippen molar-refractivity contribution in [3.05, 3.63) is 71.8 Å². The zero-order chi connectivity index (χ0) is 14.5. The number of hydrogen-bond donors (Lipinski definition) is 1. The van der Waals surface area contributed by atoms with E-state index in [2.05, 4.69) is 29.4 Å². The Morgan fingerprint density at radius 3 is 2.29 bits per heavy atom. The van der Waals surface area contributed by atoms with Crippen LogP contribution in [0.3, 0.4) is 0 Å². The van der Waals surface area contributed by atoms with Gasteiger partial charge in [0.25, 0.3) is 0 Å².